The summed E-state index contributed by atoms with van der Waals surface area (Å²) in [7, 11) is 0. The lowest BCUT2D eigenvalue weighted by Gasteiger charge is -2.35. The van der Waals surface area contributed by atoms with Crippen LogP contribution in [0.5, 0.6) is 0 Å². The summed E-state index contributed by atoms with van der Waals surface area (Å²) < 4.78 is 6.01. The normalized spacial score (nSPS) is 24.4. The number of fused-ring (bicyclic) bond motifs is 2. The predicted molar refractivity (Wildman–Crippen MR) is 78.5 cm³/mol. The molecule has 1 aromatic rings. The first-order valence-corrected chi connectivity index (χ1v) is 7.29. The molecule has 1 saturated heterocycles. The van der Waals surface area contributed by atoms with Crippen molar-refractivity contribution in [3.05, 3.63) is 47.5 Å². The molecule has 0 amide bonds. The maximum Gasteiger partial charge on any atom is 0.0840 e. The Morgan fingerprint density at radius 3 is 2.95 bits per heavy atom. The summed E-state index contributed by atoms with van der Waals surface area (Å²) in [5.74, 6) is 0. The second-order valence-electron chi connectivity index (χ2n) is 5.94. The van der Waals surface area contributed by atoms with E-state index in [9.17, 15) is 0 Å². The number of nitrogens with one attached hydrogen (secondary N) is 1. The zero-order valence-electron chi connectivity index (χ0n) is 11.7. The quantitative estimate of drug-likeness (QED) is 0.839. The van der Waals surface area contributed by atoms with E-state index < -0.39 is 0 Å². The molecule has 2 heteroatoms. The van der Waals surface area contributed by atoms with E-state index >= 15 is 0 Å². The zero-order valence-corrected chi connectivity index (χ0v) is 11.7. The van der Waals surface area contributed by atoms with Crippen molar-refractivity contribution in [2.24, 2.45) is 0 Å². The number of hydrogen-bond donors (Lipinski definition) is 1. The van der Waals surface area contributed by atoms with Crippen molar-refractivity contribution < 1.29 is 4.74 Å². The molecule has 3 rings (SSSR count). The Bertz CT molecular complexity index is 474. The fraction of sp³-hybridized carbons (Fsp3) is 0.529. The first kappa shape index (κ1) is 12.9. The van der Waals surface area contributed by atoms with Gasteiger partial charge >= 0.3 is 0 Å². The minimum absolute atomic E-state index is 0.256. The number of benzene rings is 1. The third-order valence-electron chi connectivity index (χ3n) is 4.68. The van der Waals surface area contributed by atoms with Crippen LogP contribution in [0, 0.1) is 6.92 Å². The summed E-state index contributed by atoms with van der Waals surface area (Å²) in [6.07, 6.45) is 5.71. The van der Waals surface area contributed by atoms with Crippen LogP contribution in [0.4, 0.5) is 0 Å². The van der Waals surface area contributed by atoms with E-state index in [1.165, 1.54) is 24.0 Å². The van der Waals surface area contributed by atoms with Crippen LogP contribution >= 0.6 is 0 Å². The largest absolute Gasteiger partial charge is 0.369 e. The van der Waals surface area contributed by atoms with Crippen LogP contribution in [0.2, 0.25) is 0 Å². The Kier molecular flexibility index (Phi) is 3.46. The lowest BCUT2D eigenvalue weighted by Crippen LogP contribution is -2.38. The highest BCUT2D eigenvalue weighted by molar-refractivity contribution is 5.44. The maximum absolute atomic E-state index is 6.01. The number of aryl methyl sites for hydroxylation is 1. The lowest BCUT2D eigenvalue weighted by atomic mass is 9.74. The second-order valence-corrected chi connectivity index (χ2v) is 5.94. The number of rotatable bonds is 3. The van der Waals surface area contributed by atoms with Crippen LogP contribution in [-0.4, -0.2) is 19.7 Å². The first-order chi connectivity index (χ1) is 9.25. The van der Waals surface area contributed by atoms with E-state index in [1.54, 1.807) is 5.56 Å². The van der Waals surface area contributed by atoms with Crippen LogP contribution in [0.25, 0.3) is 0 Å². The minimum atomic E-state index is 0.256. The van der Waals surface area contributed by atoms with Crippen LogP contribution in [0.1, 0.15) is 42.1 Å². The highest BCUT2D eigenvalue weighted by Crippen LogP contribution is 2.51. The Morgan fingerprint density at radius 2 is 2.21 bits per heavy atom. The van der Waals surface area contributed by atoms with Crippen molar-refractivity contribution >= 4 is 0 Å². The van der Waals surface area contributed by atoms with Crippen LogP contribution in [0.3, 0.4) is 0 Å². The minimum Gasteiger partial charge on any atom is -0.369 e. The van der Waals surface area contributed by atoms with Gasteiger partial charge in [0.2, 0.25) is 0 Å². The van der Waals surface area contributed by atoms with Gasteiger partial charge in [0.15, 0.2) is 0 Å². The molecule has 1 spiro atoms. The molecule has 0 saturated carbocycles. The average molecular weight is 257 g/mol. The molecule has 2 aliphatic rings. The summed E-state index contributed by atoms with van der Waals surface area (Å²) in [6.45, 7) is 8.85. The van der Waals surface area contributed by atoms with Gasteiger partial charge in [-0.2, -0.15) is 0 Å². The molecule has 0 bridgehead atoms. The monoisotopic (exact) mass is 257 g/mol. The van der Waals surface area contributed by atoms with Crippen molar-refractivity contribution in [3.8, 4) is 0 Å². The van der Waals surface area contributed by atoms with Gasteiger partial charge in [0.05, 0.1) is 12.7 Å². The molecule has 1 fully saturated rings. The molecule has 19 heavy (non-hydrogen) atoms. The van der Waals surface area contributed by atoms with E-state index in [1.807, 2.05) is 6.08 Å². The molecule has 102 valence electrons. The third kappa shape index (κ3) is 2.24. The third-order valence-corrected chi connectivity index (χ3v) is 4.68. The van der Waals surface area contributed by atoms with Gasteiger partial charge in [-0.25, -0.2) is 0 Å². The van der Waals surface area contributed by atoms with Crippen molar-refractivity contribution in [3.63, 3.8) is 0 Å². The lowest BCUT2D eigenvalue weighted by molar-refractivity contribution is 0.0577. The van der Waals surface area contributed by atoms with Crippen molar-refractivity contribution in [1.82, 2.24) is 5.32 Å². The Labute approximate surface area is 115 Å². The fourth-order valence-electron chi connectivity index (χ4n) is 3.70. The molecule has 1 aliphatic heterocycles. The molecule has 1 atom stereocenters. The van der Waals surface area contributed by atoms with Gasteiger partial charge in [-0.3, -0.25) is 0 Å². The molecule has 0 aromatic heterocycles. The van der Waals surface area contributed by atoms with Gasteiger partial charge in [-0.1, -0.05) is 29.8 Å². The Hall–Kier alpha value is -1.12. The molecule has 1 aromatic carbocycles. The molecule has 2 nitrogen and oxygen atoms in total. The van der Waals surface area contributed by atoms with Crippen molar-refractivity contribution in [1.29, 1.82) is 0 Å². The van der Waals surface area contributed by atoms with E-state index in [0.717, 1.165) is 19.5 Å². The van der Waals surface area contributed by atoms with Crippen LogP contribution < -0.4 is 5.32 Å². The van der Waals surface area contributed by atoms with Gasteiger partial charge in [0.25, 0.3) is 0 Å². The van der Waals surface area contributed by atoms with Crippen molar-refractivity contribution in [2.45, 2.75) is 37.7 Å². The number of ether oxygens (including phenoxy) is 1. The molecular formula is C17H23NO. The SMILES string of the molecule is C=CCOC1CC2(CCNCC2)c2cc(C)ccc21. The average Bonchev–Trinajstić information content (AvgIpc) is 2.71. The predicted octanol–water partition coefficient (Wildman–Crippen LogP) is 3.26. The van der Waals surface area contributed by atoms with Crippen LogP contribution in [-0.2, 0) is 10.2 Å². The molecule has 1 heterocycles. The van der Waals surface area contributed by atoms with E-state index in [-0.39, 0.29) is 6.10 Å². The number of hydrogen-bond acceptors (Lipinski definition) is 2. The van der Waals surface area contributed by atoms with Gasteiger partial charge < -0.3 is 10.1 Å². The smallest absolute Gasteiger partial charge is 0.0840 e. The van der Waals surface area contributed by atoms with Gasteiger partial charge in [-0.15, -0.1) is 6.58 Å². The van der Waals surface area contributed by atoms with Crippen LogP contribution in [0.15, 0.2) is 30.9 Å². The first-order valence-electron chi connectivity index (χ1n) is 7.29. The van der Waals surface area contributed by atoms with E-state index in [0.29, 0.717) is 12.0 Å². The summed E-state index contributed by atoms with van der Waals surface area (Å²) in [5, 5.41) is 3.48. The Balaban J connectivity index is 1.97. The summed E-state index contributed by atoms with van der Waals surface area (Å²) in [5.41, 5.74) is 4.66. The van der Waals surface area contributed by atoms with Gasteiger partial charge in [0, 0.05) is 5.41 Å². The van der Waals surface area contributed by atoms with Crippen molar-refractivity contribution in [2.75, 3.05) is 19.7 Å². The molecule has 0 radical (unpaired) electrons. The summed E-state index contributed by atoms with van der Waals surface area (Å²) >= 11 is 0. The standard InChI is InChI=1S/C17H23NO/c1-3-10-19-16-12-17(6-8-18-9-7-17)15-11-13(2)4-5-14(15)16/h3-5,11,16,18H,1,6-10,12H2,2H3. The summed E-state index contributed by atoms with van der Waals surface area (Å²) in [6, 6.07) is 6.87. The Morgan fingerprint density at radius 1 is 1.42 bits per heavy atom. The summed E-state index contributed by atoms with van der Waals surface area (Å²) in [4.78, 5) is 0. The van der Waals surface area contributed by atoms with E-state index in [2.05, 4.69) is 37.0 Å². The number of piperidine rings is 1. The molecule has 1 unspecified atom stereocenters. The maximum atomic E-state index is 6.01. The molecule has 1 N–H and O–H groups in total. The topological polar surface area (TPSA) is 21.3 Å². The van der Waals surface area contributed by atoms with Gasteiger partial charge in [0.1, 0.15) is 0 Å². The van der Waals surface area contributed by atoms with Gasteiger partial charge in [-0.05, 0) is 50.4 Å². The van der Waals surface area contributed by atoms with E-state index in [4.69, 9.17) is 4.74 Å². The zero-order chi connectivity index (χ0) is 13.3. The highest BCUT2D eigenvalue weighted by atomic mass is 16.5. The molecule has 1 aliphatic carbocycles. The second kappa shape index (κ2) is 5.10. The fourth-order valence-corrected chi connectivity index (χ4v) is 3.70. The molecular weight excluding hydrogens is 234 g/mol. The highest BCUT2D eigenvalue weighted by Gasteiger charge is 2.44.